The van der Waals surface area contributed by atoms with Crippen LogP contribution >= 0.6 is 0 Å². The average molecular weight is 171 g/mol. The third-order valence-electron chi connectivity index (χ3n) is 1.73. The number of nitrogens with zero attached hydrogens (tertiary/aromatic N) is 1. The Morgan fingerprint density at radius 3 is 2.75 bits per heavy atom. The number of allylic oxidation sites excluding steroid dienone is 1. The van der Waals surface area contributed by atoms with E-state index in [9.17, 15) is 10.1 Å². The van der Waals surface area contributed by atoms with Gasteiger partial charge in [-0.2, -0.15) is 0 Å². The summed E-state index contributed by atoms with van der Waals surface area (Å²) in [4.78, 5) is 9.63. The van der Waals surface area contributed by atoms with E-state index in [1.54, 1.807) is 6.08 Å². The van der Waals surface area contributed by atoms with Crippen LogP contribution in [0.3, 0.4) is 0 Å². The molecule has 0 aromatic carbocycles. The first kappa shape index (κ1) is 11.1. The minimum atomic E-state index is -0.316. The summed E-state index contributed by atoms with van der Waals surface area (Å²) >= 11 is 0. The van der Waals surface area contributed by atoms with Crippen LogP contribution < -0.4 is 0 Å². The Bertz CT molecular complexity index is 155. The highest BCUT2D eigenvalue weighted by atomic mass is 16.6. The van der Waals surface area contributed by atoms with Crippen LogP contribution in [0.4, 0.5) is 0 Å². The minimum absolute atomic E-state index is 0.0452. The highest BCUT2D eigenvalue weighted by molar-refractivity contribution is 4.85. The number of rotatable bonds is 6. The van der Waals surface area contributed by atoms with Crippen molar-refractivity contribution in [2.75, 3.05) is 6.54 Å². The average Bonchev–Trinajstić information content (AvgIpc) is 2.00. The van der Waals surface area contributed by atoms with Gasteiger partial charge in [0, 0.05) is 4.92 Å². The Labute approximate surface area is 73.6 Å². The lowest BCUT2D eigenvalue weighted by molar-refractivity contribution is -0.468. The van der Waals surface area contributed by atoms with Gasteiger partial charge < -0.3 is 0 Å². The molecule has 0 radical (unpaired) electrons. The van der Waals surface area contributed by atoms with Crippen LogP contribution in [0.15, 0.2) is 12.2 Å². The molecule has 0 heterocycles. The summed E-state index contributed by atoms with van der Waals surface area (Å²) in [5.41, 5.74) is 0. The van der Waals surface area contributed by atoms with Gasteiger partial charge in [0.1, 0.15) is 0 Å². The molecule has 12 heavy (non-hydrogen) atoms. The van der Waals surface area contributed by atoms with Gasteiger partial charge in [0.2, 0.25) is 6.54 Å². The first-order valence-corrected chi connectivity index (χ1v) is 4.45. The molecule has 3 heteroatoms. The fraction of sp³-hybridized carbons (Fsp3) is 0.778. The summed E-state index contributed by atoms with van der Waals surface area (Å²) in [6.07, 6.45) is 7.08. The van der Waals surface area contributed by atoms with Crippen LogP contribution in [0.5, 0.6) is 0 Å². The van der Waals surface area contributed by atoms with Crippen molar-refractivity contribution in [3.63, 3.8) is 0 Å². The third kappa shape index (κ3) is 7.25. The van der Waals surface area contributed by atoms with E-state index in [-0.39, 0.29) is 11.5 Å². The van der Waals surface area contributed by atoms with Crippen LogP contribution in [0.25, 0.3) is 0 Å². The lowest BCUT2D eigenvalue weighted by atomic mass is 10.0. The van der Waals surface area contributed by atoms with Crippen molar-refractivity contribution < 1.29 is 4.92 Å². The molecule has 0 saturated heterocycles. The number of unbranched alkanes of at least 4 members (excludes halogenated alkanes) is 1. The molecule has 0 aliphatic carbocycles. The highest BCUT2D eigenvalue weighted by Gasteiger charge is 1.96. The molecule has 1 atom stereocenters. The monoisotopic (exact) mass is 171 g/mol. The predicted octanol–water partition coefficient (Wildman–Crippen LogP) is 2.65. The molecule has 0 rings (SSSR count). The predicted molar refractivity (Wildman–Crippen MR) is 49.7 cm³/mol. The second-order valence-electron chi connectivity index (χ2n) is 3.06. The van der Waals surface area contributed by atoms with E-state index in [2.05, 4.69) is 13.8 Å². The minimum Gasteiger partial charge on any atom is -0.264 e. The van der Waals surface area contributed by atoms with E-state index >= 15 is 0 Å². The maximum atomic E-state index is 9.95. The molecule has 0 aromatic rings. The summed E-state index contributed by atoms with van der Waals surface area (Å²) in [7, 11) is 0. The second-order valence-corrected chi connectivity index (χ2v) is 3.06. The summed E-state index contributed by atoms with van der Waals surface area (Å²) < 4.78 is 0. The Kier molecular flexibility index (Phi) is 6.34. The molecule has 70 valence electrons. The van der Waals surface area contributed by atoms with Crippen molar-refractivity contribution in [3.8, 4) is 0 Å². The van der Waals surface area contributed by atoms with Crippen molar-refractivity contribution >= 4 is 0 Å². The largest absolute Gasteiger partial charge is 0.264 e. The van der Waals surface area contributed by atoms with E-state index < -0.39 is 0 Å². The van der Waals surface area contributed by atoms with Crippen molar-refractivity contribution in [2.24, 2.45) is 5.92 Å². The first-order chi connectivity index (χ1) is 5.66. The molecule has 3 nitrogen and oxygen atoms in total. The fourth-order valence-electron chi connectivity index (χ4n) is 1.00. The topological polar surface area (TPSA) is 43.1 Å². The number of nitro groups is 1. The van der Waals surface area contributed by atoms with Gasteiger partial charge in [-0.15, -0.1) is 0 Å². The normalized spacial score (nSPS) is 13.5. The molecule has 0 aliphatic rings. The van der Waals surface area contributed by atoms with Crippen LogP contribution in [0, 0.1) is 16.0 Å². The Morgan fingerprint density at radius 2 is 2.25 bits per heavy atom. The Hall–Kier alpha value is -0.860. The van der Waals surface area contributed by atoms with E-state index in [0.29, 0.717) is 5.92 Å². The smallest absolute Gasteiger partial charge is 0.222 e. The molecule has 0 N–H and O–H groups in total. The molecule has 0 saturated carbocycles. The Balaban J connectivity index is 3.46. The summed E-state index contributed by atoms with van der Waals surface area (Å²) in [6.45, 7) is 4.19. The molecule has 0 aromatic heterocycles. The van der Waals surface area contributed by atoms with Crippen LogP contribution in [0.2, 0.25) is 0 Å². The zero-order valence-corrected chi connectivity index (χ0v) is 7.82. The van der Waals surface area contributed by atoms with Crippen LogP contribution in [0.1, 0.15) is 33.1 Å². The second kappa shape index (κ2) is 6.83. The van der Waals surface area contributed by atoms with Crippen molar-refractivity contribution in [1.29, 1.82) is 0 Å². The van der Waals surface area contributed by atoms with Gasteiger partial charge in [-0.25, -0.2) is 0 Å². The van der Waals surface area contributed by atoms with Gasteiger partial charge in [-0.05, 0) is 18.4 Å². The maximum absolute atomic E-state index is 9.95. The maximum Gasteiger partial charge on any atom is 0.222 e. The highest BCUT2D eigenvalue weighted by Crippen LogP contribution is 2.08. The van der Waals surface area contributed by atoms with E-state index in [1.807, 2.05) is 6.08 Å². The number of hydrogen-bond acceptors (Lipinski definition) is 2. The molecule has 0 spiro atoms. The number of hydrogen-bond donors (Lipinski definition) is 0. The van der Waals surface area contributed by atoms with Gasteiger partial charge in [-0.1, -0.05) is 32.8 Å². The van der Waals surface area contributed by atoms with E-state index in [0.717, 1.165) is 6.42 Å². The molecule has 0 bridgehead atoms. The molecular weight excluding hydrogens is 154 g/mol. The summed E-state index contributed by atoms with van der Waals surface area (Å²) in [6, 6.07) is 0. The summed E-state index contributed by atoms with van der Waals surface area (Å²) in [5.74, 6) is 0.477. The van der Waals surface area contributed by atoms with Crippen LogP contribution in [-0.2, 0) is 0 Å². The third-order valence-corrected chi connectivity index (χ3v) is 1.73. The summed E-state index contributed by atoms with van der Waals surface area (Å²) in [5, 5.41) is 9.95. The van der Waals surface area contributed by atoms with Gasteiger partial charge in [0.25, 0.3) is 0 Å². The van der Waals surface area contributed by atoms with Crippen molar-refractivity contribution in [2.45, 2.75) is 33.1 Å². The lowest BCUT2D eigenvalue weighted by Gasteiger charge is -2.02. The van der Waals surface area contributed by atoms with E-state index in [1.165, 1.54) is 12.8 Å². The molecule has 0 amide bonds. The zero-order chi connectivity index (χ0) is 9.40. The Morgan fingerprint density at radius 1 is 1.58 bits per heavy atom. The van der Waals surface area contributed by atoms with Crippen LogP contribution in [-0.4, -0.2) is 11.5 Å². The molecule has 0 unspecified atom stereocenters. The van der Waals surface area contributed by atoms with Gasteiger partial charge >= 0.3 is 0 Å². The standard InChI is InChI=1S/C9H17NO2/c1-3-4-6-9(2)7-5-8-10(11)12/h5,7,9H,3-4,6,8H2,1-2H3/b7-5+/t9-/m1/s1. The SMILES string of the molecule is CCCC[C@@H](C)/C=C/C[N+](=O)[O-]. The quantitative estimate of drug-likeness (QED) is 0.350. The van der Waals surface area contributed by atoms with E-state index in [4.69, 9.17) is 0 Å². The first-order valence-electron chi connectivity index (χ1n) is 4.45. The molecule has 0 aliphatic heterocycles. The van der Waals surface area contributed by atoms with Gasteiger partial charge in [-0.3, -0.25) is 10.1 Å². The molecule has 0 fully saturated rings. The fourth-order valence-corrected chi connectivity index (χ4v) is 1.00. The molecular formula is C9H17NO2. The van der Waals surface area contributed by atoms with Crippen molar-refractivity contribution in [3.05, 3.63) is 22.3 Å². The van der Waals surface area contributed by atoms with Crippen molar-refractivity contribution in [1.82, 2.24) is 0 Å². The lowest BCUT2D eigenvalue weighted by Crippen LogP contribution is -1.97. The van der Waals surface area contributed by atoms with Gasteiger partial charge in [0.15, 0.2) is 0 Å². The zero-order valence-electron chi connectivity index (χ0n) is 7.82. The van der Waals surface area contributed by atoms with Gasteiger partial charge in [0.05, 0.1) is 0 Å².